The van der Waals surface area contributed by atoms with Gasteiger partial charge in [-0.1, -0.05) is 138 Å². The Kier molecular flexibility index (Phi) is 34.8. The Morgan fingerprint density at radius 2 is 1.07 bits per heavy atom. The van der Waals surface area contributed by atoms with E-state index in [-0.39, 0.29) is 12.8 Å². The molecular weight excluding hydrogens is 709 g/mol. The predicted molar refractivity (Wildman–Crippen MR) is 217 cm³/mol. The van der Waals surface area contributed by atoms with Crippen molar-refractivity contribution < 1.29 is 47.8 Å². The van der Waals surface area contributed by atoms with Gasteiger partial charge in [-0.05, 0) is 64.2 Å². The van der Waals surface area contributed by atoms with Crippen molar-refractivity contribution in [1.29, 1.82) is 0 Å². The molecule has 0 aromatic rings. The van der Waals surface area contributed by atoms with E-state index >= 15 is 0 Å². The summed E-state index contributed by atoms with van der Waals surface area (Å²) in [5.41, 5.74) is 0. The van der Waals surface area contributed by atoms with Crippen LogP contribution < -0.4 is 5.32 Å². The second kappa shape index (κ2) is 36.9. The highest BCUT2D eigenvalue weighted by molar-refractivity contribution is 7.47. The number of ether oxygens (including phenoxy) is 1. The van der Waals surface area contributed by atoms with Crippen molar-refractivity contribution in [2.45, 2.75) is 154 Å². The standard InChI is InChI=1S/C42H70NO10P/c1-3-5-7-9-11-12-13-14-15-16-17-18-19-20-21-22-23-24-25-26-28-29-31-33-40(45)43-39(42(47)48)37-53-54(49,50)52-36-38(44)35-51-41(46)34-32-30-27-10-8-6-4-2/h5,7,11-12,14-15,17-18,20-21,23-24,38-39,44H,3-4,6,8-10,13,16,19,22,25-37H2,1-2H3,(H,43,45)(H,47,48)(H,49,50)/b7-5-,12-11-,15-14-,18-17-,21-20-,24-23-. The lowest BCUT2D eigenvalue weighted by atomic mass is 10.1. The third-order valence-corrected chi connectivity index (χ3v) is 8.96. The molecule has 0 saturated carbocycles. The van der Waals surface area contributed by atoms with Gasteiger partial charge in [0.2, 0.25) is 5.91 Å². The number of carbonyl (C=O) groups excluding carboxylic acids is 2. The van der Waals surface area contributed by atoms with Gasteiger partial charge in [0.1, 0.15) is 12.7 Å². The average molecular weight is 780 g/mol. The van der Waals surface area contributed by atoms with Gasteiger partial charge in [0.05, 0.1) is 13.2 Å². The van der Waals surface area contributed by atoms with Crippen molar-refractivity contribution >= 4 is 25.7 Å². The molecule has 0 aliphatic carbocycles. The van der Waals surface area contributed by atoms with Crippen molar-refractivity contribution in [3.8, 4) is 0 Å². The number of carbonyl (C=O) groups is 3. The molecule has 11 nitrogen and oxygen atoms in total. The van der Waals surface area contributed by atoms with E-state index in [1.165, 1.54) is 19.3 Å². The molecule has 0 rings (SSSR count). The first-order chi connectivity index (χ1) is 26.1. The number of hydrogen-bond donors (Lipinski definition) is 4. The summed E-state index contributed by atoms with van der Waals surface area (Å²) in [5.74, 6) is -2.43. The topological polar surface area (TPSA) is 169 Å². The number of hydrogen-bond acceptors (Lipinski definition) is 8. The molecule has 12 heteroatoms. The fourth-order valence-electron chi connectivity index (χ4n) is 4.90. The molecule has 0 bridgehead atoms. The summed E-state index contributed by atoms with van der Waals surface area (Å²) in [6.45, 7) is 2.37. The number of amides is 1. The Labute approximate surface area is 325 Å². The van der Waals surface area contributed by atoms with Gasteiger partial charge in [-0.3, -0.25) is 18.6 Å². The molecule has 3 atom stereocenters. The first kappa shape index (κ1) is 50.9. The monoisotopic (exact) mass is 779 g/mol. The maximum atomic E-state index is 12.3. The largest absolute Gasteiger partial charge is 0.480 e. The Hall–Kier alpha value is -3.08. The third kappa shape index (κ3) is 35.9. The van der Waals surface area contributed by atoms with Crippen LogP contribution in [0.15, 0.2) is 72.9 Å². The zero-order valence-electron chi connectivity index (χ0n) is 33.0. The Morgan fingerprint density at radius 1 is 0.611 bits per heavy atom. The zero-order chi connectivity index (χ0) is 40.0. The van der Waals surface area contributed by atoms with Crippen LogP contribution in [0.5, 0.6) is 0 Å². The summed E-state index contributed by atoms with van der Waals surface area (Å²) < 4.78 is 26.6. The van der Waals surface area contributed by atoms with Crippen LogP contribution >= 0.6 is 7.82 Å². The van der Waals surface area contributed by atoms with Crippen LogP contribution in [0.3, 0.4) is 0 Å². The van der Waals surface area contributed by atoms with Crippen molar-refractivity contribution in [2.75, 3.05) is 19.8 Å². The first-order valence-electron chi connectivity index (χ1n) is 20.0. The number of aliphatic hydroxyl groups excluding tert-OH is 1. The Balaban J connectivity index is 4.00. The molecule has 0 aliphatic rings. The number of rotatable bonds is 36. The summed E-state index contributed by atoms with van der Waals surface area (Å²) in [7, 11) is -4.76. The van der Waals surface area contributed by atoms with Gasteiger partial charge in [-0.2, -0.15) is 0 Å². The average Bonchev–Trinajstić information content (AvgIpc) is 3.14. The highest BCUT2D eigenvalue weighted by Gasteiger charge is 2.28. The molecule has 0 aliphatic heterocycles. The highest BCUT2D eigenvalue weighted by Crippen LogP contribution is 2.43. The maximum Gasteiger partial charge on any atom is 0.472 e. The molecule has 1 amide bonds. The smallest absolute Gasteiger partial charge is 0.472 e. The number of allylic oxidation sites excluding steroid dienone is 12. The molecule has 4 N–H and O–H groups in total. The number of carboxylic acids is 1. The minimum atomic E-state index is -4.76. The van der Waals surface area contributed by atoms with Gasteiger partial charge in [0.15, 0.2) is 6.04 Å². The van der Waals surface area contributed by atoms with Gasteiger partial charge < -0.3 is 25.2 Å². The number of phosphoric acid groups is 1. The van der Waals surface area contributed by atoms with Crippen LogP contribution in [0.4, 0.5) is 0 Å². The van der Waals surface area contributed by atoms with Gasteiger partial charge in [0, 0.05) is 12.8 Å². The first-order valence-corrected chi connectivity index (χ1v) is 21.5. The Morgan fingerprint density at radius 3 is 1.61 bits per heavy atom. The number of esters is 1. The van der Waals surface area contributed by atoms with E-state index in [1.807, 2.05) is 0 Å². The summed E-state index contributed by atoms with van der Waals surface area (Å²) in [6.07, 6.45) is 42.4. The molecule has 0 fully saturated rings. The van der Waals surface area contributed by atoms with Crippen molar-refractivity contribution in [2.24, 2.45) is 0 Å². The molecule has 0 spiro atoms. The summed E-state index contributed by atoms with van der Waals surface area (Å²) in [5, 5.41) is 21.7. The second-order valence-corrected chi connectivity index (χ2v) is 14.5. The quantitative estimate of drug-likeness (QED) is 0.0208. The molecule has 0 aromatic heterocycles. The number of carboxylic acid groups (broad SMARTS) is 1. The fraction of sp³-hybridized carbons (Fsp3) is 0.643. The maximum absolute atomic E-state index is 12.3. The lowest BCUT2D eigenvalue weighted by Gasteiger charge is -2.18. The van der Waals surface area contributed by atoms with Gasteiger partial charge in [-0.15, -0.1) is 0 Å². The number of nitrogens with one attached hydrogen (secondary N) is 1. The van der Waals surface area contributed by atoms with Crippen LogP contribution in [0.2, 0.25) is 0 Å². The molecule has 3 unspecified atom stereocenters. The SMILES string of the molecule is CC/C=C\C/C=C\C/C=C\C/C=C\C/C=C\C/C=C\CCCCCCC(=O)NC(COP(=O)(O)OCC(O)COC(=O)CCCCCCCCC)C(=O)O. The van der Waals surface area contributed by atoms with E-state index < -0.39 is 57.6 Å². The molecule has 0 heterocycles. The molecule has 54 heavy (non-hydrogen) atoms. The third-order valence-electron chi connectivity index (χ3n) is 8.01. The van der Waals surface area contributed by atoms with E-state index in [2.05, 4.69) is 92.1 Å². The molecule has 0 radical (unpaired) electrons. The minimum absolute atomic E-state index is 0.112. The van der Waals surface area contributed by atoms with Gasteiger partial charge >= 0.3 is 19.8 Å². The summed E-state index contributed by atoms with van der Waals surface area (Å²) in [6, 6.07) is -1.56. The Bertz CT molecular complexity index is 1190. The molecule has 0 saturated heterocycles. The molecule has 0 aromatic carbocycles. The lowest BCUT2D eigenvalue weighted by Crippen LogP contribution is -2.43. The van der Waals surface area contributed by atoms with E-state index in [9.17, 15) is 34.1 Å². The van der Waals surface area contributed by atoms with Crippen molar-refractivity contribution in [3.05, 3.63) is 72.9 Å². The van der Waals surface area contributed by atoms with E-state index in [1.54, 1.807) is 0 Å². The number of phosphoric ester groups is 1. The van der Waals surface area contributed by atoms with Crippen LogP contribution in [0, 0.1) is 0 Å². The number of aliphatic carboxylic acids is 1. The van der Waals surface area contributed by atoms with Crippen LogP contribution in [0.25, 0.3) is 0 Å². The number of unbranched alkanes of at least 4 members (excludes halogenated alkanes) is 10. The normalized spacial score (nSPS) is 14.6. The minimum Gasteiger partial charge on any atom is -0.480 e. The van der Waals surface area contributed by atoms with Gasteiger partial charge in [0.25, 0.3) is 0 Å². The van der Waals surface area contributed by atoms with Crippen LogP contribution in [-0.2, 0) is 32.7 Å². The molecule has 308 valence electrons. The van der Waals surface area contributed by atoms with Crippen LogP contribution in [-0.4, -0.2) is 64.9 Å². The zero-order valence-corrected chi connectivity index (χ0v) is 33.9. The van der Waals surface area contributed by atoms with Crippen molar-refractivity contribution in [1.82, 2.24) is 5.32 Å². The van der Waals surface area contributed by atoms with E-state index in [4.69, 9.17) is 13.8 Å². The number of aliphatic hydroxyl groups is 1. The fourth-order valence-corrected chi connectivity index (χ4v) is 5.68. The van der Waals surface area contributed by atoms with Crippen molar-refractivity contribution in [3.63, 3.8) is 0 Å². The lowest BCUT2D eigenvalue weighted by molar-refractivity contribution is -0.147. The van der Waals surface area contributed by atoms with E-state index in [0.29, 0.717) is 12.8 Å². The highest BCUT2D eigenvalue weighted by atomic mass is 31.2. The van der Waals surface area contributed by atoms with Crippen LogP contribution in [0.1, 0.15) is 142 Å². The summed E-state index contributed by atoms with van der Waals surface area (Å²) >= 11 is 0. The predicted octanol–water partition coefficient (Wildman–Crippen LogP) is 9.77. The van der Waals surface area contributed by atoms with E-state index in [0.717, 1.165) is 83.5 Å². The summed E-state index contributed by atoms with van der Waals surface area (Å²) in [4.78, 5) is 45.6. The van der Waals surface area contributed by atoms with Gasteiger partial charge in [-0.25, -0.2) is 9.36 Å². The second-order valence-electron chi connectivity index (χ2n) is 13.1. The molecular formula is C42H70NO10P.